The second-order valence-corrected chi connectivity index (χ2v) is 24.7. The van der Waals surface area contributed by atoms with Gasteiger partial charge in [0.2, 0.25) is 0 Å². The molecule has 0 aliphatic heterocycles. The quantitative estimate of drug-likeness (QED) is 0.145. The van der Waals surface area contributed by atoms with E-state index in [1.165, 1.54) is 32.6 Å². The van der Waals surface area contributed by atoms with Crippen molar-refractivity contribution in [3.8, 4) is 73.7 Å². The summed E-state index contributed by atoms with van der Waals surface area (Å²) in [6.07, 6.45) is 0. The van der Waals surface area contributed by atoms with Crippen molar-refractivity contribution in [2.24, 2.45) is 0 Å². The van der Waals surface area contributed by atoms with Gasteiger partial charge in [-0.1, -0.05) is 224 Å². The third-order valence-corrected chi connectivity index (χ3v) is 19.5. The molecule has 20 aromatic rings. The molecule has 0 spiro atoms. The van der Waals surface area contributed by atoms with Gasteiger partial charge in [-0.25, -0.2) is 15.0 Å². The molecular formula is C87H54N8. The zero-order chi connectivity index (χ0) is 62.2. The van der Waals surface area contributed by atoms with Crippen LogP contribution in [-0.4, -0.2) is 37.8 Å². The van der Waals surface area contributed by atoms with E-state index >= 15 is 0 Å². The second-order valence-electron chi connectivity index (χ2n) is 24.7. The number of para-hydroxylation sites is 8. The second kappa shape index (κ2) is 20.8. The lowest BCUT2D eigenvalue weighted by atomic mass is 10.0. The Kier molecular flexibility index (Phi) is 11.6. The topological polar surface area (TPSA) is 63.3 Å². The molecule has 8 heteroatoms. The highest BCUT2D eigenvalue weighted by atomic mass is 15.1. The lowest BCUT2D eigenvalue weighted by molar-refractivity contribution is 1.04. The molecule has 0 fully saturated rings. The maximum Gasteiger partial charge on any atom is 0.164 e. The van der Waals surface area contributed by atoms with Crippen LogP contribution in [0.5, 0.6) is 0 Å². The van der Waals surface area contributed by atoms with E-state index in [0.717, 1.165) is 133 Å². The molecule has 6 heterocycles. The van der Waals surface area contributed by atoms with Crippen LogP contribution < -0.4 is 0 Å². The summed E-state index contributed by atoms with van der Waals surface area (Å²) in [5.41, 5.74) is 21.2. The van der Waals surface area contributed by atoms with Crippen LogP contribution in [0.2, 0.25) is 0 Å². The highest BCUT2D eigenvalue weighted by Gasteiger charge is 2.28. The fraction of sp³-hybridized carbons (Fsp3) is 0. The van der Waals surface area contributed by atoms with E-state index in [0.29, 0.717) is 17.5 Å². The first-order valence-electron chi connectivity index (χ1n) is 32.3. The van der Waals surface area contributed by atoms with Gasteiger partial charge in [-0.15, -0.1) is 0 Å². The van der Waals surface area contributed by atoms with Crippen LogP contribution in [-0.2, 0) is 0 Å². The van der Waals surface area contributed by atoms with E-state index in [1.54, 1.807) is 0 Å². The van der Waals surface area contributed by atoms with E-state index in [2.05, 4.69) is 314 Å². The molecule has 0 aliphatic carbocycles. The van der Waals surface area contributed by atoms with Crippen molar-refractivity contribution in [2.75, 3.05) is 0 Å². The van der Waals surface area contributed by atoms with Gasteiger partial charge in [0.15, 0.2) is 17.5 Å². The number of benzene rings is 14. The standard InChI is InChI=1S/C87H54N8/c1-4-24-55(25-5-1)85-88-86(56-26-6-2-7-27-56)90-87(89-85)59-52-82(93-74-39-19-10-30-62(74)63-31-11-20-40-75(63)93)84(83(53-59)94-76-41-21-12-32-64(76)65-33-13-22-42-77(65)94)95-78-43-23-14-34-66(78)69-47-44-58(51-81(69)95)57-45-48-79-70(50-57)67-35-15-18-38-73(67)92(79)61-46-49-80-71(54-61)68-36-16-17-37-72(68)91(80)60-28-8-3-9-29-60/h1-54H. The average molecular weight is 1210 g/mol. The molecule has 95 heavy (non-hydrogen) atoms. The predicted octanol–water partition coefficient (Wildman–Crippen LogP) is 22.0. The third-order valence-electron chi connectivity index (χ3n) is 19.5. The average Bonchev–Trinajstić information content (AvgIpc) is 1.50. The van der Waals surface area contributed by atoms with Crippen LogP contribution >= 0.6 is 0 Å². The lowest BCUT2D eigenvalue weighted by Gasteiger charge is -2.23. The summed E-state index contributed by atoms with van der Waals surface area (Å²) >= 11 is 0. The summed E-state index contributed by atoms with van der Waals surface area (Å²) in [5.74, 6) is 1.75. The molecule has 0 unspecified atom stereocenters. The summed E-state index contributed by atoms with van der Waals surface area (Å²) < 4.78 is 12.3. The monoisotopic (exact) mass is 1210 g/mol. The lowest BCUT2D eigenvalue weighted by Crippen LogP contribution is -2.10. The molecule has 442 valence electrons. The summed E-state index contributed by atoms with van der Waals surface area (Å²) in [6, 6.07) is 119. The maximum absolute atomic E-state index is 5.47. The third kappa shape index (κ3) is 8.05. The highest BCUT2D eigenvalue weighted by Crippen LogP contribution is 2.47. The summed E-state index contributed by atoms with van der Waals surface area (Å²) in [5, 5.41) is 11.8. The molecule has 20 rings (SSSR count). The Morgan fingerprint density at radius 3 is 0.947 bits per heavy atom. The van der Waals surface area contributed by atoms with Crippen molar-refractivity contribution < 1.29 is 0 Å². The first-order valence-corrected chi connectivity index (χ1v) is 32.3. The zero-order valence-electron chi connectivity index (χ0n) is 51.3. The van der Waals surface area contributed by atoms with E-state index < -0.39 is 0 Å². The van der Waals surface area contributed by atoms with Crippen LogP contribution in [0.4, 0.5) is 0 Å². The summed E-state index contributed by atoms with van der Waals surface area (Å²) in [4.78, 5) is 16.2. The van der Waals surface area contributed by atoms with Crippen molar-refractivity contribution in [1.82, 2.24) is 37.8 Å². The maximum atomic E-state index is 5.47. The predicted molar refractivity (Wildman–Crippen MR) is 393 cm³/mol. The molecule has 14 aromatic carbocycles. The molecule has 0 radical (unpaired) electrons. The Labute approximate surface area is 545 Å². The van der Waals surface area contributed by atoms with Gasteiger partial charge in [0.25, 0.3) is 0 Å². The smallest absolute Gasteiger partial charge is 0.164 e. The number of hydrogen-bond acceptors (Lipinski definition) is 3. The van der Waals surface area contributed by atoms with Crippen LogP contribution in [0.1, 0.15) is 0 Å². The minimum absolute atomic E-state index is 0.561. The first-order chi connectivity index (χ1) is 47.1. The van der Waals surface area contributed by atoms with Gasteiger partial charge in [0.05, 0.1) is 72.2 Å². The fourth-order valence-corrected chi connectivity index (χ4v) is 15.4. The van der Waals surface area contributed by atoms with Crippen molar-refractivity contribution in [2.45, 2.75) is 0 Å². The molecule has 0 N–H and O–H groups in total. The normalized spacial score (nSPS) is 12.0. The number of fused-ring (bicyclic) bond motifs is 15. The van der Waals surface area contributed by atoms with Crippen LogP contribution in [0, 0.1) is 0 Å². The zero-order valence-corrected chi connectivity index (χ0v) is 51.3. The molecule has 0 bridgehead atoms. The molecular weight excluding hydrogens is 1160 g/mol. The Bertz CT molecular complexity index is 6220. The number of aromatic nitrogens is 8. The van der Waals surface area contributed by atoms with Gasteiger partial charge in [-0.05, 0) is 114 Å². The minimum Gasteiger partial charge on any atom is -0.309 e. The number of hydrogen-bond donors (Lipinski definition) is 0. The van der Waals surface area contributed by atoms with E-state index in [9.17, 15) is 0 Å². The Morgan fingerprint density at radius 2 is 0.484 bits per heavy atom. The molecule has 0 saturated carbocycles. The van der Waals surface area contributed by atoms with Crippen molar-refractivity contribution in [3.05, 3.63) is 328 Å². The molecule has 0 amide bonds. The fourth-order valence-electron chi connectivity index (χ4n) is 15.4. The Balaban J connectivity index is 0.869. The van der Waals surface area contributed by atoms with Gasteiger partial charge in [0, 0.05) is 81.9 Å². The molecule has 0 atom stereocenters. The van der Waals surface area contributed by atoms with E-state index in [-0.39, 0.29) is 0 Å². The van der Waals surface area contributed by atoms with Gasteiger partial charge < -0.3 is 22.8 Å². The highest BCUT2D eigenvalue weighted by molar-refractivity contribution is 6.16. The number of nitrogens with zero attached hydrogens (tertiary/aromatic N) is 8. The van der Waals surface area contributed by atoms with Crippen molar-refractivity contribution in [1.29, 1.82) is 0 Å². The SMILES string of the molecule is c1ccc(-c2nc(-c3ccccc3)nc(-c3cc(-n4c5ccccc5c5ccccc54)c(-n4c5ccccc5c5ccc(-c6ccc7c(c6)c6ccccc6n7-c6ccc7c(c6)c6ccccc6n7-c6ccccc6)cc54)c(-n4c5ccccc5c5ccccc54)c3)n2)cc1. The Morgan fingerprint density at radius 1 is 0.168 bits per heavy atom. The van der Waals surface area contributed by atoms with Crippen molar-refractivity contribution in [3.63, 3.8) is 0 Å². The number of rotatable bonds is 9. The largest absolute Gasteiger partial charge is 0.309 e. The van der Waals surface area contributed by atoms with Gasteiger partial charge in [0.1, 0.15) is 0 Å². The van der Waals surface area contributed by atoms with Gasteiger partial charge in [-0.2, -0.15) is 0 Å². The first kappa shape index (κ1) is 52.8. The Hall–Kier alpha value is -12.9. The summed E-state index contributed by atoms with van der Waals surface area (Å²) in [7, 11) is 0. The van der Waals surface area contributed by atoms with Crippen LogP contribution in [0.25, 0.3) is 183 Å². The van der Waals surface area contributed by atoms with Crippen LogP contribution in [0.15, 0.2) is 328 Å². The molecule has 0 aliphatic rings. The van der Waals surface area contributed by atoms with Crippen molar-refractivity contribution >= 4 is 109 Å². The minimum atomic E-state index is 0.561. The molecule has 0 saturated heterocycles. The van der Waals surface area contributed by atoms with Gasteiger partial charge in [-0.3, -0.25) is 0 Å². The molecule has 6 aromatic heterocycles. The molecule has 8 nitrogen and oxygen atoms in total. The van der Waals surface area contributed by atoms with Gasteiger partial charge >= 0.3 is 0 Å². The van der Waals surface area contributed by atoms with Crippen LogP contribution in [0.3, 0.4) is 0 Å². The van der Waals surface area contributed by atoms with E-state index in [1.807, 2.05) is 36.4 Å². The summed E-state index contributed by atoms with van der Waals surface area (Å²) in [6.45, 7) is 0. The van der Waals surface area contributed by atoms with E-state index in [4.69, 9.17) is 15.0 Å².